The number of hydrogen-bond donors (Lipinski definition) is 0. The fourth-order valence-electron chi connectivity index (χ4n) is 3.31. The second-order valence-electron chi connectivity index (χ2n) is 6.76. The molecule has 1 amide bonds. The smallest absolute Gasteiger partial charge is 0.312 e. The Balaban J connectivity index is 1.68. The number of carbonyl (C=O) groups excluding carboxylic acids is 3. The van der Waals surface area contributed by atoms with Crippen molar-refractivity contribution in [2.45, 2.75) is 32.8 Å². The van der Waals surface area contributed by atoms with Crippen LogP contribution in [0.5, 0.6) is 0 Å². The maximum Gasteiger partial charge on any atom is 0.312 e. The van der Waals surface area contributed by atoms with Gasteiger partial charge in [0.05, 0.1) is 5.92 Å². The van der Waals surface area contributed by atoms with Crippen molar-refractivity contribution in [1.29, 1.82) is 0 Å². The highest BCUT2D eigenvalue weighted by molar-refractivity contribution is 6.02. The SMILES string of the molecule is CC[C@H](OC(=O)[C@@H]1CC(=O)N(c2ccccc2C)C1)C(=O)c1ccccc1. The molecule has 0 unspecified atom stereocenters. The van der Waals surface area contributed by atoms with E-state index in [0.29, 0.717) is 12.0 Å². The first-order valence-electron chi connectivity index (χ1n) is 9.17. The lowest BCUT2D eigenvalue weighted by Gasteiger charge is -2.20. The van der Waals surface area contributed by atoms with Crippen LogP contribution in [0, 0.1) is 12.8 Å². The summed E-state index contributed by atoms with van der Waals surface area (Å²) in [6.45, 7) is 4.01. The zero-order chi connectivity index (χ0) is 19.4. The zero-order valence-electron chi connectivity index (χ0n) is 15.6. The van der Waals surface area contributed by atoms with Crippen LogP contribution in [0.3, 0.4) is 0 Å². The molecule has 1 heterocycles. The van der Waals surface area contributed by atoms with E-state index < -0.39 is 18.0 Å². The van der Waals surface area contributed by atoms with E-state index in [1.165, 1.54) is 0 Å². The molecule has 1 saturated heterocycles. The molecule has 2 aromatic carbocycles. The van der Waals surface area contributed by atoms with E-state index in [4.69, 9.17) is 4.74 Å². The van der Waals surface area contributed by atoms with Crippen LogP contribution in [0.2, 0.25) is 0 Å². The number of anilines is 1. The van der Waals surface area contributed by atoms with Gasteiger partial charge in [-0.25, -0.2) is 0 Å². The van der Waals surface area contributed by atoms with Crippen molar-refractivity contribution in [3.05, 3.63) is 65.7 Å². The number of amides is 1. The lowest BCUT2D eigenvalue weighted by Crippen LogP contribution is -2.32. The van der Waals surface area contributed by atoms with Crippen LogP contribution in [0.15, 0.2) is 54.6 Å². The molecule has 5 nitrogen and oxygen atoms in total. The van der Waals surface area contributed by atoms with Crippen LogP contribution >= 0.6 is 0 Å². The predicted octanol–water partition coefficient (Wildman–Crippen LogP) is 3.55. The predicted molar refractivity (Wildman–Crippen MR) is 103 cm³/mol. The number of Topliss-reactive ketones (excluding diaryl/α,β-unsaturated/α-hetero) is 1. The van der Waals surface area contributed by atoms with Gasteiger partial charge in [0.15, 0.2) is 6.10 Å². The number of rotatable bonds is 6. The first-order valence-corrected chi connectivity index (χ1v) is 9.17. The Morgan fingerprint density at radius 1 is 1.11 bits per heavy atom. The number of nitrogens with zero attached hydrogens (tertiary/aromatic N) is 1. The first kappa shape index (κ1) is 18.8. The van der Waals surface area contributed by atoms with Crippen LogP contribution in [-0.4, -0.2) is 30.3 Å². The van der Waals surface area contributed by atoms with E-state index >= 15 is 0 Å². The summed E-state index contributed by atoms with van der Waals surface area (Å²) in [5, 5.41) is 0. The summed E-state index contributed by atoms with van der Waals surface area (Å²) in [5.74, 6) is -1.37. The highest BCUT2D eigenvalue weighted by Crippen LogP contribution is 2.28. The molecule has 1 aliphatic rings. The zero-order valence-corrected chi connectivity index (χ0v) is 15.6. The molecule has 0 spiro atoms. The second kappa shape index (κ2) is 8.16. The van der Waals surface area contributed by atoms with E-state index in [1.54, 1.807) is 36.1 Å². The quantitative estimate of drug-likeness (QED) is 0.580. The molecule has 2 atom stereocenters. The Morgan fingerprint density at radius 3 is 2.44 bits per heavy atom. The van der Waals surface area contributed by atoms with Gasteiger partial charge in [0.25, 0.3) is 0 Å². The Kier molecular flexibility index (Phi) is 5.69. The average Bonchev–Trinajstić information content (AvgIpc) is 3.08. The summed E-state index contributed by atoms with van der Waals surface area (Å²) in [6, 6.07) is 16.4. The van der Waals surface area contributed by atoms with Gasteiger partial charge in [-0.15, -0.1) is 0 Å². The third-order valence-corrected chi connectivity index (χ3v) is 4.84. The van der Waals surface area contributed by atoms with E-state index in [-0.39, 0.29) is 24.7 Å². The van der Waals surface area contributed by atoms with Crippen molar-refractivity contribution in [3.63, 3.8) is 0 Å². The molecule has 1 aliphatic heterocycles. The highest BCUT2D eigenvalue weighted by Gasteiger charge is 2.38. The molecular weight excluding hydrogens is 342 g/mol. The van der Waals surface area contributed by atoms with Gasteiger partial charge in [0.1, 0.15) is 0 Å². The number of para-hydroxylation sites is 1. The third-order valence-electron chi connectivity index (χ3n) is 4.84. The van der Waals surface area contributed by atoms with Crippen LogP contribution in [0.4, 0.5) is 5.69 Å². The maximum absolute atomic E-state index is 12.6. The van der Waals surface area contributed by atoms with Crippen molar-refractivity contribution in [2.75, 3.05) is 11.4 Å². The van der Waals surface area contributed by atoms with Crippen LogP contribution < -0.4 is 4.90 Å². The van der Waals surface area contributed by atoms with Gasteiger partial charge in [-0.3, -0.25) is 14.4 Å². The molecule has 0 N–H and O–H groups in total. The van der Waals surface area contributed by atoms with Crippen LogP contribution in [-0.2, 0) is 14.3 Å². The number of esters is 1. The van der Waals surface area contributed by atoms with Crippen molar-refractivity contribution >= 4 is 23.3 Å². The summed E-state index contributed by atoms with van der Waals surface area (Å²) in [7, 11) is 0. The van der Waals surface area contributed by atoms with Crippen molar-refractivity contribution in [3.8, 4) is 0 Å². The Labute approximate surface area is 158 Å². The molecule has 0 radical (unpaired) electrons. The number of ketones is 1. The molecular formula is C22H23NO4. The molecule has 5 heteroatoms. The Hall–Kier alpha value is -2.95. The first-order chi connectivity index (χ1) is 13.0. The van der Waals surface area contributed by atoms with Gasteiger partial charge in [-0.05, 0) is 25.0 Å². The molecule has 2 aromatic rings. The van der Waals surface area contributed by atoms with Gasteiger partial charge in [-0.1, -0.05) is 55.5 Å². The van der Waals surface area contributed by atoms with Crippen LogP contribution in [0.25, 0.3) is 0 Å². The number of ether oxygens (including phenoxy) is 1. The number of benzene rings is 2. The molecule has 3 rings (SSSR count). The average molecular weight is 365 g/mol. The molecule has 0 saturated carbocycles. The van der Waals surface area contributed by atoms with E-state index in [9.17, 15) is 14.4 Å². The monoisotopic (exact) mass is 365 g/mol. The summed E-state index contributed by atoms with van der Waals surface area (Å²) >= 11 is 0. The number of hydrogen-bond acceptors (Lipinski definition) is 4. The third kappa shape index (κ3) is 4.08. The Bertz CT molecular complexity index is 846. The van der Waals surface area contributed by atoms with Gasteiger partial charge in [0.2, 0.25) is 11.7 Å². The minimum absolute atomic E-state index is 0.100. The van der Waals surface area contributed by atoms with Crippen molar-refractivity contribution < 1.29 is 19.1 Å². The largest absolute Gasteiger partial charge is 0.454 e. The standard InChI is InChI=1S/C22H23NO4/c1-3-19(21(25)16-10-5-4-6-11-16)27-22(26)17-13-20(24)23(14-17)18-12-8-7-9-15(18)2/h4-12,17,19H,3,13-14H2,1-2H3/t17-,19+/m1/s1. The minimum Gasteiger partial charge on any atom is -0.454 e. The molecule has 27 heavy (non-hydrogen) atoms. The van der Waals surface area contributed by atoms with E-state index in [0.717, 1.165) is 11.3 Å². The van der Waals surface area contributed by atoms with Crippen LogP contribution in [0.1, 0.15) is 35.7 Å². The summed E-state index contributed by atoms with van der Waals surface area (Å²) in [5.41, 5.74) is 2.30. The van der Waals surface area contributed by atoms with E-state index in [2.05, 4.69) is 0 Å². The topological polar surface area (TPSA) is 63.7 Å². The second-order valence-corrected chi connectivity index (χ2v) is 6.76. The lowest BCUT2D eigenvalue weighted by atomic mass is 10.0. The number of carbonyl (C=O) groups is 3. The molecule has 1 fully saturated rings. The molecule has 140 valence electrons. The normalized spacial score (nSPS) is 17.6. The van der Waals surface area contributed by atoms with E-state index in [1.807, 2.05) is 37.3 Å². The summed E-state index contributed by atoms with van der Waals surface area (Å²) in [6.07, 6.45) is -0.340. The fraction of sp³-hybridized carbons (Fsp3) is 0.318. The fourth-order valence-corrected chi connectivity index (χ4v) is 3.31. The van der Waals surface area contributed by atoms with Crippen molar-refractivity contribution in [1.82, 2.24) is 0 Å². The minimum atomic E-state index is -0.831. The maximum atomic E-state index is 12.6. The Morgan fingerprint density at radius 2 is 1.78 bits per heavy atom. The number of aryl methyl sites for hydroxylation is 1. The molecule has 0 aromatic heterocycles. The lowest BCUT2D eigenvalue weighted by molar-refractivity contribution is -0.151. The van der Waals surface area contributed by atoms with Gasteiger partial charge in [0, 0.05) is 24.2 Å². The molecule has 0 bridgehead atoms. The summed E-state index contributed by atoms with van der Waals surface area (Å²) < 4.78 is 5.50. The highest BCUT2D eigenvalue weighted by atomic mass is 16.5. The van der Waals surface area contributed by atoms with Gasteiger partial charge in [-0.2, -0.15) is 0 Å². The molecule has 0 aliphatic carbocycles. The summed E-state index contributed by atoms with van der Waals surface area (Å²) in [4.78, 5) is 39.2. The van der Waals surface area contributed by atoms with Gasteiger partial charge >= 0.3 is 5.97 Å². The van der Waals surface area contributed by atoms with Crippen molar-refractivity contribution in [2.24, 2.45) is 5.92 Å². The van der Waals surface area contributed by atoms with Gasteiger partial charge < -0.3 is 9.64 Å².